The van der Waals surface area contributed by atoms with Crippen LogP contribution in [0.4, 0.5) is 61.5 Å². The number of carbonyl (C=O) groups excluding carboxylic acids is 1. The van der Waals surface area contributed by atoms with E-state index in [4.69, 9.17) is 5.73 Å². The molecule has 16 heteroatoms. The van der Waals surface area contributed by atoms with E-state index in [1.54, 1.807) is 24.3 Å². The van der Waals surface area contributed by atoms with Crippen LogP contribution in [0.15, 0.2) is 61.1 Å². The molecule has 7 nitrogen and oxygen atoms in total. The number of alkyl halides is 9. The standard InChI is InChI=1S/C26H21F9N6O/c1-13(2)41-11-18(19-20(36)37-12-38-21(19)41)14-3-7-16(8-4-14)39-22(42)40-17-9-5-15(6-10-17)23(27,28)24(29,30)25(31,32)26(33,34)35/h3-13H,1-2H3,(H2,36,37,38)(H2,39,40,42). The van der Waals surface area contributed by atoms with Crippen molar-refractivity contribution in [3.63, 3.8) is 0 Å². The van der Waals surface area contributed by atoms with Gasteiger partial charge in [0, 0.05) is 34.7 Å². The minimum absolute atomic E-state index is 0.0674. The van der Waals surface area contributed by atoms with Gasteiger partial charge in [0.1, 0.15) is 17.8 Å². The van der Waals surface area contributed by atoms with E-state index >= 15 is 0 Å². The second-order valence-electron chi connectivity index (χ2n) is 9.46. The van der Waals surface area contributed by atoms with E-state index in [1.165, 1.54) is 6.33 Å². The van der Waals surface area contributed by atoms with Crippen molar-refractivity contribution in [1.29, 1.82) is 0 Å². The van der Waals surface area contributed by atoms with Crippen LogP contribution in [0.3, 0.4) is 0 Å². The molecule has 2 heterocycles. The van der Waals surface area contributed by atoms with Gasteiger partial charge in [0.15, 0.2) is 0 Å². The molecule has 0 unspecified atom stereocenters. The number of hydrogen-bond donors (Lipinski definition) is 3. The highest BCUT2D eigenvalue weighted by Crippen LogP contribution is 2.56. The molecule has 4 rings (SSSR count). The van der Waals surface area contributed by atoms with Gasteiger partial charge in [-0.25, -0.2) is 14.8 Å². The molecule has 2 aromatic heterocycles. The van der Waals surface area contributed by atoms with Crippen LogP contribution >= 0.6 is 0 Å². The molecule has 0 aliphatic rings. The molecule has 42 heavy (non-hydrogen) atoms. The molecule has 0 atom stereocenters. The summed E-state index contributed by atoms with van der Waals surface area (Å²) in [6.07, 6.45) is -3.71. The van der Waals surface area contributed by atoms with Gasteiger partial charge in [-0.3, -0.25) is 0 Å². The van der Waals surface area contributed by atoms with Crippen molar-refractivity contribution < 1.29 is 44.3 Å². The molecule has 0 saturated carbocycles. The zero-order chi connectivity index (χ0) is 31.3. The van der Waals surface area contributed by atoms with Gasteiger partial charge in [0.2, 0.25) is 0 Å². The quantitative estimate of drug-likeness (QED) is 0.187. The van der Waals surface area contributed by atoms with Gasteiger partial charge in [-0.05, 0) is 43.7 Å². The van der Waals surface area contributed by atoms with Gasteiger partial charge in [-0.2, -0.15) is 39.5 Å². The Kier molecular flexibility index (Phi) is 7.54. The number of anilines is 3. The minimum atomic E-state index is -7.01. The van der Waals surface area contributed by atoms with E-state index in [9.17, 15) is 44.3 Å². The molecule has 4 aromatic rings. The Balaban J connectivity index is 1.47. The van der Waals surface area contributed by atoms with Gasteiger partial charge in [0.25, 0.3) is 0 Å². The summed E-state index contributed by atoms with van der Waals surface area (Å²) in [5.41, 5.74) is 6.40. The lowest BCUT2D eigenvalue weighted by atomic mass is 9.96. The smallest absolute Gasteiger partial charge is 0.383 e. The monoisotopic (exact) mass is 604 g/mol. The first-order valence-electron chi connectivity index (χ1n) is 12.0. The second-order valence-corrected chi connectivity index (χ2v) is 9.46. The topological polar surface area (TPSA) is 97.9 Å². The Hall–Kier alpha value is -4.50. The number of urea groups is 1. The average Bonchev–Trinajstić information content (AvgIpc) is 3.30. The molecule has 2 amide bonds. The highest BCUT2D eigenvalue weighted by Gasteiger charge is 2.82. The van der Waals surface area contributed by atoms with E-state index in [2.05, 4.69) is 20.6 Å². The fourth-order valence-corrected chi connectivity index (χ4v) is 4.07. The van der Waals surface area contributed by atoms with Gasteiger partial charge in [0.05, 0.1) is 5.39 Å². The van der Waals surface area contributed by atoms with Crippen LogP contribution < -0.4 is 16.4 Å². The number of carbonyl (C=O) groups is 1. The van der Waals surface area contributed by atoms with Crippen molar-refractivity contribution in [2.24, 2.45) is 0 Å². The number of benzene rings is 2. The number of aromatic nitrogens is 3. The number of rotatable bonds is 7. The first kappa shape index (κ1) is 30.5. The van der Waals surface area contributed by atoms with Crippen LogP contribution in [0.5, 0.6) is 0 Å². The Labute approximate surface area is 231 Å². The Morgan fingerprint density at radius 2 is 1.33 bits per heavy atom. The SMILES string of the molecule is CC(C)n1cc(-c2ccc(NC(=O)Nc3ccc(C(F)(F)C(F)(F)C(F)(F)C(F)(F)F)cc3)cc2)c2c(N)ncnc21. The average molecular weight is 604 g/mol. The van der Waals surface area contributed by atoms with Crippen LogP contribution in [0.1, 0.15) is 25.5 Å². The van der Waals surface area contributed by atoms with Crippen LogP contribution in [-0.2, 0) is 5.92 Å². The maximum atomic E-state index is 14.1. The lowest BCUT2D eigenvalue weighted by Gasteiger charge is -2.33. The van der Waals surface area contributed by atoms with Crippen molar-refractivity contribution in [2.45, 2.75) is 43.8 Å². The highest BCUT2D eigenvalue weighted by atomic mass is 19.4. The first-order valence-corrected chi connectivity index (χ1v) is 12.0. The summed E-state index contributed by atoms with van der Waals surface area (Å²) >= 11 is 0. The van der Waals surface area contributed by atoms with Crippen molar-refractivity contribution >= 4 is 34.3 Å². The maximum absolute atomic E-state index is 14.1. The molecule has 0 aliphatic carbocycles. The summed E-state index contributed by atoms with van der Waals surface area (Å²) in [6.45, 7) is 3.93. The third kappa shape index (κ3) is 5.16. The predicted molar refractivity (Wildman–Crippen MR) is 137 cm³/mol. The van der Waals surface area contributed by atoms with Gasteiger partial charge >= 0.3 is 30.0 Å². The molecule has 0 saturated heterocycles. The molecule has 224 valence electrons. The number of nitrogens with two attached hydrogens (primary N) is 1. The molecule has 0 bridgehead atoms. The summed E-state index contributed by atoms with van der Waals surface area (Å²) in [5.74, 6) is -19.4. The lowest BCUT2D eigenvalue weighted by molar-refractivity contribution is -0.399. The van der Waals surface area contributed by atoms with Gasteiger partial charge in [-0.1, -0.05) is 24.3 Å². The number of halogens is 9. The third-order valence-corrected chi connectivity index (χ3v) is 6.30. The van der Waals surface area contributed by atoms with Crippen molar-refractivity contribution in [2.75, 3.05) is 16.4 Å². The molecular weight excluding hydrogens is 583 g/mol. The number of nitrogen functional groups attached to an aromatic ring is 1. The Morgan fingerprint density at radius 1 is 0.810 bits per heavy atom. The van der Waals surface area contributed by atoms with Crippen molar-refractivity contribution in [1.82, 2.24) is 14.5 Å². The van der Waals surface area contributed by atoms with Crippen LogP contribution in [0.25, 0.3) is 22.2 Å². The molecule has 0 radical (unpaired) electrons. The molecule has 0 fully saturated rings. The number of fused-ring (bicyclic) bond motifs is 1. The number of hydrogen-bond acceptors (Lipinski definition) is 4. The summed E-state index contributed by atoms with van der Waals surface area (Å²) in [4.78, 5) is 20.7. The fourth-order valence-electron chi connectivity index (χ4n) is 4.07. The summed E-state index contributed by atoms with van der Waals surface area (Å²) in [5, 5.41) is 5.30. The normalized spacial score (nSPS) is 13.0. The zero-order valence-corrected chi connectivity index (χ0v) is 21.6. The molecule has 0 aliphatic heterocycles. The van der Waals surface area contributed by atoms with Crippen LogP contribution in [0.2, 0.25) is 0 Å². The molecule has 4 N–H and O–H groups in total. The van der Waals surface area contributed by atoms with E-state index < -0.39 is 35.5 Å². The predicted octanol–water partition coefficient (Wildman–Crippen LogP) is 7.83. The Bertz CT molecular complexity index is 1600. The number of amides is 2. The van der Waals surface area contributed by atoms with E-state index in [0.717, 1.165) is 11.1 Å². The maximum Gasteiger partial charge on any atom is 0.460 e. The summed E-state index contributed by atoms with van der Waals surface area (Å²) in [7, 11) is 0. The zero-order valence-electron chi connectivity index (χ0n) is 21.6. The van der Waals surface area contributed by atoms with Crippen molar-refractivity contribution in [3.05, 3.63) is 66.6 Å². The molecule has 0 spiro atoms. The van der Waals surface area contributed by atoms with E-state index in [0.29, 0.717) is 23.2 Å². The third-order valence-electron chi connectivity index (χ3n) is 6.30. The minimum Gasteiger partial charge on any atom is -0.383 e. The van der Waals surface area contributed by atoms with Crippen molar-refractivity contribution in [3.8, 4) is 11.1 Å². The second kappa shape index (κ2) is 10.4. The lowest BCUT2D eigenvalue weighted by Crippen LogP contribution is -2.59. The fraction of sp³-hybridized carbons (Fsp3) is 0.269. The van der Waals surface area contributed by atoms with Gasteiger partial charge in [-0.15, -0.1) is 0 Å². The molecule has 2 aromatic carbocycles. The van der Waals surface area contributed by atoms with Gasteiger partial charge < -0.3 is 20.9 Å². The summed E-state index contributed by atoms with van der Waals surface area (Å²) in [6, 6.07) is 7.30. The molecular formula is C26H21F9N6O. The van der Waals surface area contributed by atoms with Crippen LogP contribution in [0, 0.1) is 0 Å². The highest BCUT2D eigenvalue weighted by molar-refractivity contribution is 6.02. The van der Waals surface area contributed by atoms with Crippen LogP contribution in [-0.4, -0.2) is 38.6 Å². The summed E-state index contributed by atoms with van der Waals surface area (Å²) < 4.78 is 121. The Morgan fingerprint density at radius 3 is 1.83 bits per heavy atom. The van der Waals surface area contributed by atoms with E-state index in [1.807, 2.05) is 24.6 Å². The number of nitrogens with one attached hydrogen (secondary N) is 2. The first-order chi connectivity index (χ1) is 19.4. The largest absolute Gasteiger partial charge is 0.460 e. The van der Waals surface area contributed by atoms with E-state index in [-0.39, 0.29) is 35.4 Å². The number of nitrogens with zero attached hydrogens (tertiary/aromatic N) is 3.